The lowest BCUT2D eigenvalue weighted by molar-refractivity contribution is -0.118. The molecule has 1 N–H and O–H groups in total. The molecule has 79 valence electrons. The number of carbonyl (C=O) groups is 1. The van der Waals surface area contributed by atoms with Crippen molar-refractivity contribution in [2.45, 2.75) is 13.8 Å². The molecular formula is C11H12NO3. The van der Waals surface area contributed by atoms with E-state index in [1.165, 1.54) is 6.47 Å². The van der Waals surface area contributed by atoms with Crippen LogP contribution in [0.5, 0.6) is 5.75 Å². The van der Waals surface area contributed by atoms with Crippen LogP contribution in [0.4, 0.5) is 5.69 Å². The van der Waals surface area contributed by atoms with Gasteiger partial charge in [-0.25, -0.2) is 4.79 Å². The van der Waals surface area contributed by atoms with E-state index in [1.54, 1.807) is 38.1 Å². The van der Waals surface area contributed by atoms with Crippen LogP contribution in [0.3, 0.4) is 0 Å². The molecule has 4 heteroatoms. The molecule has 1 radical (unpaired) electrons. The topological polar surface area (TPSA) is 55.4 Å². The number of benzene rings is 1. The molecule has 0 bridgehead atoms. The SMILES string of the molecule is CC(C)C(=O)Nc1ccccc1O[C]=O. The second kappa shape index (κ2) is 5.14. The van der Waals surface area contributed by atoms with Gasteiger partial charge in [-0.3, -0.25) is 4.79 Å². The molecule has 0 heterocycles. The van der Waals surface area contributed by atoms with Gasteiger partial charge in [-0.1, -0.05) is 26.0 Å². The molecule has 1 aromatic rings. The maximum atomic E-state index is 11.4. The Morgan fingerprint density at radius 3 is 2.67 bits per heavy atom. The summed E-state index contributed by atoms with van der Waals surface area (Å²) >= 11 is 0. The Bertz CT molecular complexity index is 361. The maximum Gasteiger partial charge on any atom is 0.423 e. The number of carbonyl (C=O) groups excluding carboxylic acids is 2. The molecule has 0 unspecified atom stereocenters. The van der Waals surface area contributed by atoms with Gasteiger partial charge in [-0.05, 0) is 12.1 Å². The van der Waals surface area contributed by atoms with E-state index in [2.05, 4.69) is 10.1 Å². The van der Waals surface area contributed by atoms with Crippen molar-refractivity contribution in [1.29, 1.82) is 0 Å². The molecule has 0 atom stereocenters. The van der Waals surface area contributed by atoms with E-state index in [9.17, 15) is 9.59 Å². The summed E-state index contributed by atoms with van der Waals surface area (Å²) in [5.41, 5.74) is 0.472. The van der Waals surface area contributed by atoms with E-state index in [4.69, 9.17) is 0 Å². The Hall–Kier alpha value is -1.84. The summed E-state index contributed by atoms with van der Waals surface area (Å²) in [6, 6.07) is 6.69. The first kappa shape index (κ1) is 11.2. The number of anilines is 1. The highest BCUT2D eigenvalue weighted by Gasteiger charge is 2.10. The zero-order chi connectivity index (χ0) is 11.3. The van der Waals surface area contributed by atoms with Gasteiger partial charge in [0.05, 0.1) is 5.69 Å². The van der Waals surface area contributed by atoms with Crippen LogP contribution >= 0.6 is 0 Å². The molecule has 15 heavy (non-hydrogen) atoms. The van der Waals surface area contributed by atoms with Crippen molar-refractivity contribution in [3.8, 4) is 5.75 Å². The van der Waals surface area contributed by atoms with E-state index in [0.29, 0.717) is 11.4 Å². The average molecular weight is 206 g/mol. The van der Waals surface area contributed by atoms with E-state index < -0.39 is 0 Å². The van der Waals surface area contributed by atoms with Crippen LogP contribution in [0.2, 0.25) is 0 Å². The fourth-order valence-electron chi connectivity index (χ4n) is 0.981. The lowest BCUT2D eigenvalue weighted by Gasteiger charge is -2.10. The van der Waals surface area contributed by atoms with Crippen molar-refractivity contribution in [3.05, 3.63) is 24.3 Å². The van der Waals surface area contributed by atoms with Crippen LogP contribution in [-0.2, 0) is 9.59 Å². The van der Waals surface area contributed by atoms with Gasteiger partial charge in [-0.15, -0.1) is 0 Å². The van der Waals surface area contributed by atoms with Crippen LogP contribution in [0.15, 0.2) is 24.3 Å². The van der Waals surface area contributed by atoms with Crippen molar-refractivity contribution in [3.63, 3.8) is 0 Å². The van der Waals surface area contributed by atoms with Gasteiger partial charge in [0.1, 0.15) is 0 Å². The van der Waals surface area contributed by atoms with Crippen molar-refractivity contribution < 1.29 is 14.3 Å². The molecule has 0 saturated carbocycles. The van der Waals surface area contributed by atoms with Gasteiger partial charge in [-0.2, -0.15) is 0 Å². The fraction of sp³-hybridized carbons (Fsp3) is 0.273. The number of ether oxygens (including phenoxy) is 1. The molecule has 0 aromatic heterocycles. The minimum atomic E-state index is -0.128. The van der Waals surface area contributed by atoms with Gasteiger partial charge in [0.25, 0.3) is 0 Å². The van der Waals surface area contributed by atoms with Crippen LogP contribution < -0.4 is 10.1 Å². The molecule has 4 nitrogen and oxygen atoms in total. The summed E-state index contributed by atoms with van der Waals surface area (Å²) < 4.78 is 4.60. The molecule has 0 saturated heterocycles. The first-order valence-electron chi connectivity index (χ1n) is 4.59. The third-order valence-electron chi connectivity index (χ3n) is 1.82. The summed E-state index contributed by atoms with van der Waals surface area (Å²) in [6.07, 6.45) is 0. The van der Waals surface area contributed by atoms with Gasteiger partial charge in [0.2, 0.25) is 5.91 Å². The first-order valence-corrected chi connectivity index (χ1v) is 4.59. The number of hydrogen-bond donors (Lipinski definition) is 1. The van der Waals surface area contributed by atoms with Crippen molar-refractivity contribution in [1.82, 2.24) is 0 Å². The molecule has 0 aliphatic rings. The number of nitrogens with one attached hydrogen (secondary N) is 1. The smallest absolute Gasteiger partial charge is 0.416 e. The van der Waals surface area contributed by atoms with E-state index >= 15 is 0 Å². The summed E-state index contributed by atoms with van der Waals surface area (Å²) in [7, 11) is 0. The third-order valence-corrected chi connectivity index (χ3v) is 1.82. The van der Waals surface area contributed by atoms with Gasteiger partial charge in [0, 0.05) is 5.92 Å². The summed E-state index contributed by atoms with van der Waals surface area (Å²) in [5.74, 6) is 0.0386. The normalized spacial score (nSPS) is 9.80. The number of rotatable bonds is 4. The summed E-state index contributed by atoms with van der Waals surface area (Å²) in [6.45, 7) is 4.89. The highest BCUT2D eigenvalue weighted by molar-refractivity contribution is 5.93. The Balaban J connectivity index is 2.83. The molecule has 0 spiro atoms. The zero-order valence-corrected chi connectivity index (χ0v) is 8.61. The first-order chi connectivity index (χ1) is 7.15. The summed E-state index contributed by atoms with van der Waals surface area (Å²) in [5, 5.41) is 2.65. The summed E-state index contributed by atoms with van der Waals surface area (Å²) in [4.78, 5) is 21.5. The minimum absolute atomic E-state index is 0.127. The highest BCUT2D eigenvalue weighted by atomic mass is 16.5. The lowest BCUT2D eigenvalue weighted by atomic mass is 10.2. The van der Waals surface area contributed by atoms with Crippen LogP contribution in [-0.4, -0.2) is 12.4 Å². The van der Waals surface area contributed by atoms with Gasteiger partial charge in [0.15, 0.2) is 5.75 Å². The van der Waals surface area contributed by atoms with Crippen LogP contribution in [0.25, 0.3) is 0 Å². The van der Waals surface area contributed by atoms with E-state index in [0.717, 1.165) is 0 Å². The molecule has 0 aliphatic carbocycles. The second-order valence-electron chi connectivity index (χ2n) is 3.33. The van der Waals surface area contributed by atoms with Crippen LogP contribution in [0.1, 0.15) is 13.8 Å². The van der Waals surface area contributed by atoms with E-state index in [-0.39, 0.29) is 11.8 Å². The largest absolute Gasteiger partial charge is 0.423 e. The van der Waals surface area contributed by atoms with Crippen molar-refractivity contribution in [2.24, 2.45) is 5.92 Å². The number of para-hydroxylation sites is 2. The third kappa shape index (κ3) is 3.09. The molecule has 1 rings (SSSR count). The van der Waals surface area contributed by atoms with Gasteiger partial charge < -0.3 is 10.1 Å². The Kier molecular flexibility index (Phi) is 3.85. The fourth-order valence-corrected chi connectivity index (χ4v) is 0.981. The van der Waals surface area contributed by atoms with Crippen molar-refractivity contribution >= 4 is 18.1 Å². The van der Waals surface area contributed by atoms with Crippen molar-refractivity contribution in [2.75, 3.05) is 5.32 Å². The Labute approximate surface area is 88.2 Å². The Morgan fingerprint density at radius 2 is 2.07 bits per heavy atom. The monoisotopic (exact) mass is 206 g/mol. The molecule has 1 aromatic carbocycles. The number of hydrogen-bond acceptors (Lipinski definition) is 3. The van der Waals surface area contributed by atoms with Gasteiger partial charge >= 0.3 is 6.47 Å². The Morgan fingerprint density at radius 1 is 1.40 bits per heavy atom. The lowest BCUT2D eigenvalue weighted by Crippen LogP contribution is -2.18. The molecular weight excluding hydrogens is 194 g/mol. The molecule has 0 fully saturated rings. The minimum Gasteiger partial charge on any atom is -0.416 e. The second-order valence-corrected chi connectivity index (χ2v) is 3.33. The predicted octanol–water partition coefficient (Wildman–Crippen LogP) is 1.73. The molecule has 0 aliphatic heterocycles. The average Bonchev–Trinajstić information content (AvgIpc) is 2.21. The maximum absolute atomic E-state index is 11.4. The standard InChI is InChI=1S/C11H12NO3/c1-8(2)11(14)12-9-5-3-4-6-10(9)15-7-13/h3-6,8H,1-2H3,(H,12,14). The molecule has 1 amide bonds. The van der Waals surface area contributed by atoms with E-state index in [1.807, 2.05) is 0 Å². The predicted molar refractivity (Wildman–Crippen MR) is 56.2 cm³/mol. The van der Waals surface area contributed by atoms with Crippen LogP contribution in [0, 0.1) is 5.92 Å². The number of amides is 1. The zero-order valence-electron chi connectivity index (χ0n) is 8.61. The quantitative estimate of drug-likeness (QED) is 0.816. The highest BCUT2D eigenvalue weighted by Crippen LogP contribution is 2.23.